The Bertz CT molecular complexity index is 349. The van der Waals surface area contributed by atoms with E-state index in [9.17, 15) is 4.79 Å². The highest BCUT2D eigenvalue weighted by molar-refractivity contribution is 5.75. The van der Waals surface area contributed by atoms with Crippen LogP contribution in [0.15, 0.2) is 18.5 Å². The minimum Gasteiger partial charge on any atom is -0.481 e. The van der Waals surface area contributed by atoms with Gasteiger partial charge in [-0.15, -0.1) is 0 Å². The number of carboxylic acids is 1. The Morgan fingerprint density at radius 3 is 3.00 bits per heavy atom. The summed E-state index contributed by atoms with van der Waals surface area (Å²) in [5.41, 5.74) is 2.23. The van der Waals surface area contributed by atoms with E-state index in [0.29, 0.717) is 0 Å². The van der Waals surface area contributed by atoms with Crippen molar-refractivity contribution in [1.82, 2.24) is 4.98 Å². The van der Waals surface area contributed by atoms with Gasteiger partial charge in [0.2, 0.25) is 0 Å². The average molecular weight is 177 g/mol. The van der Waals surface area contributed by atoms with Crippen molar-refractivity contribution in [2.75, 3.05) is 0 Å². The number of hydrogen-bond acceptors (Lipinski definition) is 2. The van der Waals surface area contributed by atoms with Crippen LogP contribution in [-0.2, 0) is 4.79 Å². The molecule has 1 N–H and O–H groups in total. The number of aromatic nitrogens is 1. The molecule has 0 bridgehead atoms. The first-order chi connectivity index (χ1) is 6.20. The molecular weight excluding hydrogens is 166 g/mol. The number of hydrogen-bond donors (Lipinski definition) is 1. The first kappa shape index (κ1) is 8.23. The molecular formula is C10H11NO2. The van der Waals surface area contributed by atoms with E-state index in [1.165, 1.54) is 0 Å². The fraction of sp³-hybridized carbons (Fsp3) is 0.400. The third-order valence-corrected chi connectivity index (χ3v) is 2.59. The Kier molecular flexibility index (Phi) is 1.79. The molecule has 1 aromatic heterocycles. The lowest BCUT2D eigenvalue weighted by atomic mass is 10.1. The Hall–Kier alpha value is -1.38. The van der Waals surface area contributed by atoms with Gasteiger partial charge in [0.05, 0.1) is 5.92 Å². The molecule has 1 saturated carbocycles. The fourth-order valence-corrected chi connectivity index (χ4v) is 1.68. The number of aliphatic carboxylic acids is 1. The zero-order valence-electron chi connectivity index (χ0n) is 7.40. The summed E-state index contributed by atoms with van der Waals surface area (Å²) in [4.78, 5) is 14.6. The lowest BCUT2D eigenvalue weighted by molar-refractivity contribution is -0.138. The summed E-state index contributed by atoms with van der Waals surface area (Å²) in [6.45, 7) is 1.99. The fourth-order valence-electron chi connectivity index (χ4n) is 1.68. The van der Waals surface area contributed by atoms with Crippen LogP contribution < -0.4 is 0 Å². The van der Waals surface area contributed by atoms with Gasteiger partial charge in [-0.25, -0.2) is 0 Å². The van der Waals surface area contributed by atoms with Crippen molar-refractivity contribution in [1.29, 1.82) is 0 Å². The molecule has 1 fully saturated rings. The van der Waals surface area contributed by atoms with Crippen LogP contribution in [0.3, 0.4) is 0 Å². The van der Waals surface area contributed by atoms with E-state index >= 15 is 0 Å². The maximum Gasteiger partial charge on any atom is 0.307 e. The van der Waals surface area contributed by atoms with Gasteiger partial charge in [0, 0.05) is 12.4 Å². The van der Waals surface area contributed by atoms with E-state index in [4.69, 9.17) is 5.11 Å². The molecule has 2 unspecified atom stereocenters. The number of carbonyl (C=O) groups is 1. The average Bonchev–Trinajstić information content (AvgIpc) is 2.84. The monoisotopic (exact) mass is 177 g/mol. The van der Waals surface area contributed by atoms with Gasteiger partial charge in [-0.1, -0.05) is 0 Å². The summed E-state index contributed by atoms with van der Waals surface area (Å²) in [6, 6.07) is 1.92. The minimum absolute atomic E-state index is 0.178. The molecule has 0 spiro atoms. The molecule has 1 aliphatic carbocycles. The summed E-state index contributed by atoms with van der Waals surface area (Å²) >= 11 is 0. The highest BCUT2D eigenvalue weighted by atomic mass is 16.4. The normalized spacial score (nSPS) is 25.6. The van der Waals surface area contributed by atoms with E-state index in [-0.39, 0.29) is 11.8 Å². The second kappa shape index (κ2) is 2.83. The number of nitrogens with zero attached hydrogens (tertiary/aromatic N) is 1. The second-order valence-corrected chi connectivity index (χ2v) is 3.52. The summed E-state index contributed by atoms with van der Waals surface area (Å²) < 4.78 is 0. The molecule has 2 atom stereocenters. The Morgan fingerprint density at radius 1 is 1.69 bits per heavy atom. The molecule has 3 nitrogen and oxygen atoms in total. The summed E-state index contributed by atoms with van der Waals surface area (Å²) in [7, 11) is 0. The smallest absolute Gasteiger partial charge is 0.307 e. The van der Waals surface area contributed by atoms with Gasteiger partial charge in [-0.05, 0) is 36.5 Å². The highest BCUT2D eigenvalue weighted by Crippen LogP contribution is 2.48. The summed E-state index contributed by atoms with van der Waals surface area (Å²) in [5.74, 6) is -0.664. The molecule has 0 amide bonds. The van der Waals surface area contributed by atoms with Crippen molar-refractivity contribution >= 4 is 5.97 Å². The SMILES string of the molecule is Cc1ccncc1C1CC1C(=O)O. The molecule has 0 aliphatic heterocycles. The molecule has 2 rings (SSSR count). The summed E-state index contributed by atoms with van der Waals surface area (Å²) in [6.07, 6.45) is 4.28. The van der Waals surface area contributed by atoms with Crippen molar-refractivity contribution in [3.05, 3.63) is 29.6 Å². The predicted octanol–water partition coefficient (Wildman–Crippen LogP) is 1.58. The van der Waals surface area contributed by atoms with Crippen LogP contribution in [0.4, 0.5) is 0 Å². The predicted molar refractivity (Wildman–Crippen MR) is 47.5 cm³/mol. The molecule has 0 saturated heterocycles. The van der Waals surface area contributed by atoms with Crippen molar-refractivity contribution in [3.8, 4) is 0 Å². The van der Waals surface area contributed by atoms with Gasteiger partial charge in [0.15, 0.2) is 0 Å². The quantitative estimate of drug-likeness (QED) is 0.746. The van der Waals surface area contributed by atoms with Gasteiger partial charge in [0.25, 0.3) is 0 Å². The molecule has 3 heteroatoms. The Labute approximate surface area is 76.4 Å². The van der Waals surface area contributed by atoms with E-state index < -0.39 is 5.97 Å². The van der Waals surface area contributed by atoms with Gasteiger partial charge in [-0.2, -0.15) is 0 Å². The van der Waals surface area contributed by atoms with Gasteiger partial charge in [-0.3, -0.25) is 9.78 Å². The highest BCUT2D eigenvalue weighted by Gasteiger charge is 2.44. The summed E-state index contributed by atoms with van der Waals surface area (Å²) in [5, 5.41) is 8.76. The maximum absolute atomic E-state index is 10.6. The van der Waals surface area contributed by atoms with Crippen LogP contribution in [-0.4, -0.2) is 16.1 Å². The van der Waals surface area contributed by atoms with Crippen LogP contribution in [0.1, 0.15) is 23.5 Å². The molecule has 1 heterocycles. The molecule has 1 aliphatic rings. The second-order valence-electron chi connectivity index (χ2n) is 3.52. The Morgan fingerprint density at radius 2 is 2.46 bits per heavy atom. The molecule has 68 valence electrons. The molecule has 0 aromatic carbocycles. The van der Waals surface area contributed by atoms with Crippen LogP contribution in [0, 0.1) is 12.8 Å². The van der Waals surface area contributed by atoms with Crippen LogP contribution in [0.5, 0.6) is 0 Å². The number of pyridine rings is 1. The van der Waals surface area contributed by atoms with Crippen LogP contribution in [0.2, 0.25) is 0 Å². The standard InChI is InChI=1S/C10H11NO2/c1-6-2-3-11-5-9(6)7-4-8(7)10(12)13/h2-3,5,7-8H,4H2,1H3,(H,12,13). The lowest BCUT2D eigenvalue weighted by Crippen LogP contribution is -1.99. The van der Waals surface area contributed by atoms with Crippen LogP contribution >= 0.6 is 0 Å². The first-order valence-corrected chi connectivity index (χ1v) is 4.33. The number of rotatable bonds is 2. The van der Waals surface area contributed by atoms with Crippen LogP contribution in [0.25, 0.3) is 0 Å². The number of aryl methyl sites for hydroxylation is 1. The van der Waals surface area contributed by atoms with Crippen molar-refractivity contribution in [3.63, 3.8) is 0 Å². The molecule has 0 radical (unpaired) electrons. The van der Waals surface area contributed by atoms with Gasteiger partial charge < -0.3 is 5.11 Å². The van der Waals surface area contributed by atoms with Crippen molar-refractivity contribution < 1.29 is 9.90 Å². The van der Waals surface area contributed by atoms with E-state index in [2.05, 4.69) is 4.98 Å². The van der Waals surface area contributed by atoms with E-state index in [1.54, 1.807) is 12.4 Å². The number of carboxylic acid groups (broad SMARTS) is 1. The molecule has 13 heavy (non-hydrogen) atoms. The lowest BCUT2D eigenvalue weighted by Gasteiger charge is -2.01. The van der Waals surface area contributed by atoms with Gasteiger partial charge in [0.1, 0.15) is 0 Å². The van der Waals surface area contributed by atoms with Crippen molar-refractivity contribution in [2.24, 2.45) is 5.92 Å². The largest absolute Gasteiger partial charge is 0.481 e. The zero-order chi connectivity index (χ0) is 9.42. The minimum atomic E-state index is -0.687. The third kappa shape index (κ3) is 1.41. The van der Waals surface area contributed by atoms with E-state index in [1.807, 2.05) is 13.0 Å². The van der Waals surface area contributed by atoms with Gasteiger partial charge >= 0.3 is 5.97 Å². The Balaban J connectivity index is 2.21. The zero-order valence-corrected chi connectivity index (χ0v) is 7.40. The van der Waals surface area contributed by atoms with Crippen molar-refractivity contribution in [2.45, 2.75) is 19.3 Å². The third-order valence-electron chi connectivity index (χ3n) is 2.59. The maximum atomic E-state index is 10.6. The molecule has 1 aromatic rings. The topological polar surface area (TPSA) is 50.2 Å². The first-order valence-electron chi connectivity index (χ1n) is 4.33. The van der Waals surface area contributed by atoms with E-state index in [0.717, 1.165) is 17.5 Å².